The van der Waals surface area contributed by atoms with Gasteiger partial charge >= 0.3 is 0 Å². The van der Waals surface area contributed by atoms with E-state index in [4.69, 9.17) is 15.2 Å². The second-order valence-electron chi connectivity index (χ2n) is 11.3. The van der Waals surface area contributed by atoms with E-state index in [-0.39, 0.29) is 29.3 Å². The molecule has 1 unspecified atom stereocenters. The lowest BCUT2D eigenvalue weighted by Gasteiger charge is -2.40. The van der Waals surface area contributed by atoms with Gasteiger partial charge in [0.05, 0.1) is 22.5 Å². The van der Waals surface area contributed by atoms with Gasteiger partial charge in [0.2, 0.25) is 0 Å². The summed E-state index contributed by atoms with van der Waals surface area (Å²) in [4.78, 5) is 11.1. The molecule has 2 aromatic heterocycles. The van der Waals surface area contributed by atoms with Crippen molar-refractivity contribution in [1.29, 1.82) is 0 Å². The molecule has 7 rings (SSSR count). The lowest BCUT2D eigenvalue weighted by molar-refractivity contribution is 0.0679. The molecular weight excluding hydrogens is 509 g/mol. The first-order valence-corrected chi connectivity index (χ1v) is 15.2. The fourth-order valence-electron chi connectivity index (χ4n) is 6.76. The number of likely N-dealkylation sites (tertiary alicyclic amines) is 1. The molecule has 4 aliphatic rings. The van der Waals surface area contributed by atoms with Gasteiger partial charge in [-0.15, -0.1) is 0 Å². The van der Waals surface area contributed by atoms with Crippen LogP contribution in [0.3, 0.4) is 0 Å². The fourth-order valence-corrected chi connectivity index (χ4v) is 8.85. The van der Waals surface area contributed by atoms with Crippen LogP contribution in [0, 0.1) is 11.7 Å². The van der Waals surface area contributed by atoms with Crippen LogP contribution in [-0.2, 0) is 14.6 Å². The molecule has 9 nitrogen and oxygen atoms in total. The third-order valence-electron chi connectivity index (χ3n) is 8.85. The third-order valence-corrected chi connectivity index (χ3v) is 11.1. The summed E-state index contributed by atoms with van der Waals surface area (Å²) in [5.74, 6) is 1.34. The standard InChI is InChI=1S/C27H32FN5O4S/c28-24-4-3-19(37-13-20-2-1-5-36-20)9-22(24)23-12-33(27-25(23)26(29)30-15-31-27)17-6-16(7-17)10-32-11-21-8-18(32)14-38(21,34)35/h3-4,9,12,15-18,20-21H,1-2,5-8,10-11,13-14H2,(H2,29,30,31)/t16?,17?,18-,20?,21-/m0/s1. The largest absolute Gasteiger partial charge is 0.491 e. The molecule has 0 amide bonds. The summed E-state index contributed by atoms with van der Waals surface area (Å²) in [5, 5.41) is 0.465. The number of fused-ring (bicyclic) bond motifs is 3. The average Bonchev–Trinajstić information content (AvgIpc) is 3.64. The van der Waals surface area contributed by atoms with Crippen molar-refractivity contribution in [1.82, 2.24) is 19.4 Å². The molecule has 11 heteroatoms. The first-order chi connectivity index (χ1) is 18.4. The second-order valence-corrected chi connectivity index (χ2v) is 13.6. The average molecular weight is 542 g/mol. The monoisotopic (exact) mass is 541 g/mol. The highest BCUT2D eigenvalue weighted by molar-refractivity contribution is 7.92. The molecule has 1 aromatic carbocycles. The first-order valence-electron chi connectivity index (χ1n) is 13.5. The zero-order valence-electron chi connectivity index (χ0n) is 21.1. The maximum atomic E-state index is 15.2. The molecule has 0 radical (unpaired) electrons. The van der Waals surface area contributed by atoms with Gasteiger partial charge in [-0.05, 0) is 56.2 Å². The number of rotatable bonds is 7. The molecule has 3 saturated heterocycles. The number of nitrogens with two attached hydrogens (primary N) is 1. The van der Waals surface area contributed by atoms with Crippen LogP contribution in [0.2, 0.25) is 0 Å². The van der Waals surface area contributed by atoms with Gasteiger partial charge in [-0.25, -0.2) is 22.8 Å². The van der Waals surface area contributed by atoms with Crippen molar-refractivity contribution in [2.45, 2.75) is 55.5 Å². The molecule has 3 atom stereocenters. The molecule has 38 heavy (non-hydrogen) atoms. The van der Waals surface area contributed by atoms with Crippen LogP contribution in [0.25, 0.3) is 22.2 Å². The van der Waals surface area contributed by atoms with Crippen LogP contribution in [0.5, 0.6) is 5.75 Å². The Morgan fingerprint density at radius 1 is 1.16 bits per heavy atom. The van der Waals surface area contributed by atoms with E-state index in [1.165, 1.54) is 12.4 Å². The van der Waals surface area contributed by atoms with E-state index < -0.39 is 9.84 Å². The number of halogens is 1. The minimum Gasteiger partial charge on any atom is -0.491 e. The molecule has 4 fully saturated rings. The van der Waals surface area contributed by atoms with Gasteiger partial charge in [-0.1, -0.05) is 0 Å². The normalized spacial score (nSPS) is 30.2. The first kappa shape index (κ1) is 24.3. The number of nitrogen functional groups attached to an aromatic ring is 1. The maximum Gasteiger partial charge on any atom is 0.156 e. The van der Waals surface area contributed by atoms with Gasteiger partial charge < -0.3 is 19.8 Å². The van der Waals surface area contributed by atoms with Crippen LogP contribution in [0.1, 0.15) is 38.1 Å². The maximum absolute atomic E-state index is 15.2. The summed E-state index contributed by atoms with van der Waals surface area (Å²) >= 11 is 0. The zero-order chi connectivity index (χ0) is 26.0. The van der Waals surface area contributed by atoms with Crippen LogP contribution in [0.15, 0.2) is 30.7 Å². The van der Waals surface area contributed by atoms with E-state index in [0.717, 1.165) is 45.3 Å². The molecule has 1 saturated carbocycles. The van der Waals surface area contributed by atoms with Crippen molar-refractivity contribution >= 4 is 26.7 Å². The molecule has 202 valence electrons. The van der Waals surface area contributed by atoms with Crippen LogP contribution in [0.4, 0.5) is 10.2 Å². The minimum atomic E-state index is -2.88. The van der Waals surface area contributed by atoms with Crippen LogP contribution < -0.4 is 10.5 Å². The number of hydrogen-bond acceptors (Lipinski definition) is 8. The molecule has 3 aromatic rings. The number of anilines is 1. The Morgan fingerprint density at radius 3 is 2.76 bits per heavy atom. The van der Waals surface area contributed by atoms with Crippen LogP contribution >= 0.6 is 0 Å². The lowest BCUT2D eigenvalue weighted by atomic mass is 9.79. The van der Waals surface area contributed by atoms with E-state index in [1.807, 2.05) is 6.20 Å². The predicted molar refractivity (Wildman–Crippen MR) is 141 cm³/mol. The van der Waals surface area contributed by atoms with E-state index in [2.05, 4.69) is 19.4 Å². The topological polar surface area (TPSA) is 113 Å². The summed E-state index contributed by atoms with van der Waals surface area (Å²) in [5.41, 5.74) is 8.06. The number of aromatic nitrogens is 3. The van der Waals surface area contributed by atoms with Crippen molar-refractivity contribution < 1.29 is 22.3 Å². The summed E-state index contributed by atoms with van der Waals surface area (Å²) in [6, 6.07) is 5.17. The molecule has 1 aliphatic carbocycles. The number of sulfone groups is 1. The Balaban J connectivity index is 1.11. The summed E-state index contributed by atoms with van der Waals surface area (Å²) in [6.45, 7) is 2.78. The molecular formula is C27H32FN5O4S. The quantitative estimate of drug-likeness (QED) is 0.485. The minimum absolute atomic E-state index is 0.0705. The second kappa shape index (κ2) is 9.17. The van der Waals surface area contributed by atoms with Gasteiger partial charge in [0, 0.05) is 49.1 Å². The Kier molecular flexibility index (Phi) is 5.86. The Hall–Kier alpha value is -2.76. The van der Waals surface area contributed by atoms with Crippen molar-refractivity contribution in [2.75, 3.05) is 37.8 Å². The summed E-state index contributed by atoms with van der Waals surface area (Å²) in [6.07, 6.45) is 8.17. The molecule has 2 N–H and O–H groups in total. The number of hydrogen-bond donors (Lipinski definition) is 1. The zero-order valence-corrected chi connectivity index (χ0v) is 21.9. The summed E-state index contributed by atoms with van der Waals surface area (Å²) < 4.78 is 53.0. The molecule has 5 heterocycles. The molecule has 2 bridgehead atoms. The van der Waals surface area contributed by atoms with E-state index in [0.29, 0.717) is 58.6 Å². The van der Waals surface area contributed by atoms with Crippen molar-refractivity contribution in [3.8, 4) is 16.9 Å². The van der Waals surface area contributed by atoms with E-state index in [9.17, 15) is 8.42 Å². The number of benzene rings is 1. The van der Waals surface area contributed by atoms with Crippen molar-refractivity contribution in [2.24, 2.45) is 5.92 Å². The lowest BCUT2D eigenvalue weighted by Crippen LogP contribution is -2.45. The van der Waals surface area contributed by atoms with Gasteiger partial charge in [0.25, 0.3) is 0 Å². The van der Waals surface area contributed by atoms with Crippen molar-refractivity contribution in [3.05, 3.63) is 36.5 Å². The van der Waals surface area contributed by atoms with Crippen molar-refractivity contribution in [3.63, 3.8) is 0 Å². The third kappa shape index (κ3) is 4.15. The highest BCUT2D eigenvalue weighted by Crippen LogP contribution is 2.45. The SMILES string of the molecule is Nc1ncnc2c1c(-c1cc(OCC3CCCO3)ccc1F)cn2C1CC(CN2C[C@@H]3C[C@H]2CS3(=O)=O)C1. The van der Waals surface area contributed by atoms with E-state index >= 15 is 4.39 Å². The molecule has 3 aliphatic heterocycles. The van der Waals surface area contributed by atoms with Gasteiger partial charge in [0.1, 0.15) is 36.0 Å². The van der Waals surface area contributed by atoms with Gasteiger partial charge in [0.15, 0.2) is 9.84 Å². The molecule has 0 spiro atoms. The number of nitrogens with zero attached hydrogens (tertiary/aromatic N) is 4. The predicted octanol–water partition coefficient (Wildman–Crippen LogP) is 3.20. The smallest absolute Gasteiger partial charge is 0.156 e. The van der Waals surface area contributed by atoms with E-state index in [1.54, 1.807) is 12.1 Å². The highest BCUT2D eigenvalue weighted by atomic mass is 32.2. The van der Waals surface area contributed by atoms with Gasteiger partial charge in [-0.3, -0.25) is 4.90 Å². The highest BCUT2D eigenvalue weighted by Gasteiger charge is 2.49. The summed E-state index contributed by atoms with van der Waals surface area (Å²) in [7, 11) is -2.88. The Morgan fingerprint density at radius 2 is 2.03 bits per heavy atom. The Labute approximate surface area is 221 Å². The Bertz CT molecular complexity index is 1480. The fraction of sp³-hybridized carbons (Fsp3) is 0.556. The number of ether oxygens (including phenoxy) is 2. The van der Waals surface area contributed by atoms with Crippen LogP contribution in [-0.4, -0.2) is 77.3 Å². The van der Waals surface area contributed by atoms with Gasteiger partial charge in [-0.2, -0.15) is 0 Å².